The second-order valence-corrected chi connectivity index (χ2v) is 6.14. The Balaban J connectivity index is 1.82. The predicted octanol–water partition coefficient (Wildman–Crippen LogP) is 3.58. The van der Waals surface area contributed by atoms with E-state index in [0.29, 0.717) is 22.2 Å². The molecular formula is C18H15ClFN5O2. The van der Waals surface area contributed by atoms with Crippen LogP contribution in [0.1, 0.15) is 23.4 Å². The zero-order chi connectivity index (χ0) is 19.6. The van der Waals surface area contributed by atoms with E-state index >= 15 is 0 Å². The number of hydrogen-bond donors (Lipinski definition) is 2. The number of aryl methyl sites for hydroxylation is 1. The van der Waals surface area contributed by atoms with Crippen molar-refractivity contribution in [3.8, 4) is 5.69 Å². The molecule has 1 aromatic heterocycles. The monoisotopic (exact) mass is 387 g/mol. The third-order valence-electron chi connectivity index (χ3n) is 3.58. The fraction of sp³-hybridized carbons (Fsp3) is 0.111. The molecule has 0 spiro atoms. The molecule has 138 valence electrons. The first-order valence-corrected chi connectivity index (χ1v) is 8.29. The van der Waals surface area contributed by atoms with E-state index in [9.17, 15) is 14.0 Å². The molecule has 3 rings (SSSR count). The molecule has 7 nitrogen and oxygen atoms in total. The Morgan fingerprint density at radius 3 is 2.48 bits per heavy atom. The molecule has 0 aliphatic heterocycles. The number of nitrogens with zero attached hydrogens (tertiary/aromatic N) is 3. The highest BCUT2D eigenvalue weighted by Gasteiger charge is 2.16. The molecule has 0 aliphatic rings. The van der Waals surface area contributed by atoms with Crippen molar-refractivity contribution in [2.45, 2.75) is 13.8 Å². The van der Waals surface area contributed by atoms with Crippen molar-refractivity contribution in [2.75, 3.05) is 10.6 Å². The highest BCUT2D eigenvalue weighted by Crippen LogP contribution is 2.20. The molecule has 0 saturated heterocycles. The van der Waals surface area contributed by atoms with E-state index in [4.69, 9.17) is 11.6 Å². The molecule has 0 aliphatic carbocycles. The first-order valence-electron chi connectivity index (χ1n) is 7.91. The van der Waals surface area contributed by atoms with Crippen LogP contribution in [0, 0.1) is 12.7 Å². The Hall–Kier alpha value is -3.26. The van der Waals surface area contributed by atoms with E-state index in [1.165, 1.54) is 23.7 Å². The third-order valence-corrected chi connectivity index (χ3v) is 3.83. The molecular weight excluding hydrogens is 373 g/mol. The van der Waals surface area contributed by atoms with E-state index in [-0.39, 0.29) is 11.5 Å². The van der Waals surface area contributed by atoms with E-state index in [0.717, 1.165) is 6.07 Å². The number of aromatic nitrogens is 3. The molecule has 2 aromatic carbocycles. The number of hydrogen-bond acceptors (Lipinski definition) is 4. The van der Waals surface area contributed by atoms with Gasteiger partial charge in [0.1, 0.15) is 11.6 Å². The molecule has 0 unspecified atom stereocenters. The maximum atomic E-state index is 13.7. The van der Waals surface area contributed by atoms with Crippen LogP contribution in [0.15, 0.2) is 42.5 Å². The van der Waals surface area contributed by atoms with E-state index in [1.807, 2.05) is 0 Å². The van der Waals surface area contributed by atoms with Gasteiger partial charge >= 0.3 is 0 Å². The SMILES string of the molecule is CC(=O)Nc1cc(NC(=O)c2nc(C)n(-c3ccc(Cl)cc3)n2)ccc1F. The number of amides is 2. The van der Waals surface area contributed by atoms with Crippen molar-refractivity contribution < 1.29 is 14.0 Å². The minimum Gasteiger partial charge on any atom is -0.324 e. The van der Waals surface area contributed by atoms with Crippen LogP contribution in [0.2, 0.25) is 5.02 Å². The van der Waals surface area contributed by atoms with E-state index < -0.39 is 17.6 Å². The summed E-state index contributed by atoms with van der Waals surface area (Å²) in [5.41, 5.74) is 0.972. The number of rotatable bonds is 4. The van der Waals surface area contributed by atoms with Gasteiger partial charge in [0, 0.05) is 17.6 Å². The lowest BCUT2D eigenvalue weighted by Crippen LogP contribution is -2.15. The van der Waals surface area contributed by atoms with Gasteiger partial charge in [-0.15, -0.1) is 5.10 Å². The fourth-order valence-corrected chi connectivity index (χ4v) is 2.51. The van der Waals surface area contributed by atoms with Crippen molar-refractivity contribution in [3.05, 3.63) is 65.0 Å². The lowest BCUT2D eigenvalue weighted by Gasteiger charge is -2.07. The average molecular weight is 388 g/mol. The lowest BCUT2D eigenvalue weighted by atomic mass is 10.2. The Kier molecular flexibility index (Phi) is 5.18. The van der Waals surface area contributed by atoms with Crippen molar-refractivity contribution >= 4 is 34.8 Å². The van der Waals surface area contributed by atoms with Gasteiger partial charge in [-0.25, -0.2) is 14.1 Å². The van der Waals surface area contributed by atoms with E-state index in [2.05, 4.69) is 20.7 Å². The Labute approximate surface area is 159 Å². The quantitative estimate of drug-likeness (QED) is 0.716. The number of carbonyl (C=O) groups is 2. The van der Waals surface area contributed by atoms with Gasteiger partial charge < -0.3 is 10.6 Å². The van der Waals surface area contributed by atoms with Crippen LogP contribution < -0.4 is 10.6 Å². The van der Waals surface area contributed by atoms with Gasteiger partial charge in [0.25, 0.3) is 5.91 Å². The maximum Gasteiger partial charge on any atom is 0.295 e. The topological polar surface area (TPSA) is 88.9 Å². The van der Waals surface area contributed by atoms with Crippen molar-refractivity contribution in [1.82, 2.24) is 14.8 Å². The number of anilines is 2. The minimum atomic E-state index is -0.607. The zero-order valence-corrected chi connectivity index (χ0v) is 15.2. The molecule has 0 fully saturated rings. The number of halogens is 2. The molecule has 3 aromatic rings. The Morgan fingerprint density at radius 1 is 1.11 bits per heavy atom. The normalized spacial score (nSPS) is 10.5. The van der Waals surface area contributed by atoms with Gasteiger partial charge in [0.05, 0.1) is 11.4 Å². The summed E-state index contributed by atoms with van der Waals surface area (Å²) < 4.78 is 15.2. The summed E-state index contributed by atoms with van der Waals surface area (Å²) in [7, 11) is 0. The Morgan fingerprint density at radius 2 is 1.81 bits per heavy atom. The fourth-order valence-electron chi connectivity index (χ4n) is 2.39. The van der Waals surface area contributed by atoms with Gasteiger partial charge in [0.15, 0.2) is 0 Å². The lowest BCUT2D eigenvalue weighted by molar-refractivity contribution is -0.114. The molecule has 0 atom stereocenters. The van der Waals surface area contributed by atoms with Gasteiger partial charge in [-0.1, -0.05) is 11.6 Å². The van der Waals surface area contributed by atoms with Gasteiger partial charge in [-0.3, -0.25) is 9.59 Å². The smallest absolute Gasteiger partial charge is 0.295 e. The summed E-state index contributed by atoms with van der Waals surface area (Å²) in [6, 6.07) is 10.8. The minimum absolute atomic E-state index is 0.0314. The number of nitrogens with one attached hydrogen (secondary N) is 2. The van der Waals surface area contributed by atoms with Crippen LogP contribution >= 0.6 is 11.6 Å². The van der Waals surface area contributed by atoms with Gasteiger partial charge in [0.2, 0.25) is 11.7 Å². The highest BCUT2D eigenvalue weighted by atomic mass is 35.5. The molecule has 9 heteroatoms. The summed E-state index contributed by atoms with van der Waals surface area (Å²) >= 11 is 5.88. The summed E-state index contributed by atoms with van der Waals surface area (Å²) in [6.45, 7) is 2.98. The largest absolute Gasteiger partial charge is 0.324 e. The second-order valence-electron chi connectivity index (χ2n) is 5.70. The molecule has 27 heavy (non-hydrogen) atoms. The predicted molar refractivity (Wildman–Crippen MR) is 99.8 cm³/mol. The standard InChI is InChI=1S/C18H15ClFN5O2/c1-10-21-17(24-25(10)14-6-3-12(19)4-7-14)18(27)23-13-5-8-15(20)16(9-13)22-11(2)26/h3-9H,1-2H3,(H,22,26)(H,23,27). The van der Waals surface area contributed by atoms with Crippen LogP contribution in [0.5, 0.6) is 0 Å². The number of benzene rings is 2. The first kappa shape index (κ1) is 18.5. The van der Waals surface area contributed by atoms with E-state index in [1.54, 1.807) is 31.2 Å². The molecule has 1 heterocycles. The summed E-state index contributed by atoms with van der Waals surface area (Å²) in [4.78, 5) is 27.7. The summed E-state index contributed by atoms with van der Waals surface area (Å²) in [6.07, 6.45) is 0. The van der Waals surface area contributed by atoms with Crippen LogP contribution in [-0.4, -0.2) is 26.6 Å². The van der Waals surface area contributed by atoms with Crippen molar-refractivity contribution in [2.24, 2.45) is 0 Å². The highest BCUT2D eigenvalue weighted by molar-refractivity contribution is 6.30. The molecule has 2 N–H and O–H groups in total. The van der Waals surface area contributed by atoms with Crippen LogP contribution in [0.4, 0.5) is 15.8 Å². The first-order chi connectivity index (χ1) is 12.8. The van der Waals surface area contributed by atoms with Crippen LogP contribution in [0.3, 0.4) is 0 Å². The average Bonchev–Trinajstić information content (AvgIpc) is 3.00. The number of carbonyl (C=O) groups excluding carboxylic acids is 2. The van der Waals surface area contributed by atoms with Crippen LogP contribution in [0.25, 0.3) is 5.69 Å². The van der Waals surface area contributed by atoms with Gasteiger partial charge in [-0.05, 0) is 49.4 Å². The van der Waals surface area contributed by atoms with Crippen molar-refractivity contribution in [1.29, 1.82) is 0 Å². The van der Waals surface area contributed by atoms with Crippen molar-refractivity contribution in [3.63, 3.8) is 0 Å². The summed E-state index contributed by atoms with van der Waals surface area (Å²) in [5, 5.41) is 9.72. The molecule has 0 bridgehead atoms. The zero-order valence-electron chi connectivity index (χ0n) is 14.5. The molecule has 2 amide bonds. The second kappa shape index (κ2) is 7.55. The molecule has 0 radical (unpaired) electrons. The maximum absolute atomic E-state index is 13.7. The van der Waals surface area contributed by atoms with Crippen LogP contribution in [-0.2, 0) is 4.79 Å². The summed E-state index contributed by atoms with van der Waals surface area (Å²) in [5.74, 6) is -1.12. The Bertz CT molecular complexity index is 1020. The third kappa shape index (κ3) is 4.29. The van der Waals surface area contributed by atoms with Gasteiger partial charge in [-0.2, -0.15) is 0 Å². The molecule has 0 saturated carbocycles.